The van der Waals surface area contributed by atoms with E-state index in [1.807, 2.05) is 19.1 Å². The number of aryl methyl sites for hydroxylation is 2. The Morgan fingerprint density at radius 3 is 1.90 bits per heavy atom. The Labute approximate surface area is 246 Å². The van der Waals surface area contributed by atoms with Crippen LogP contribution in [0.4, 0.5) is 22.7 Å². The zero-order valence-corrected chi connectivity index (χ0v) is 24.6. The number of hydrogen-bond donors (Lipinski definition) is 0. The van der Waals surface area contributed by atoms with Crippen LogP contribution in [0.5, 0.6) is 0 Å². The van der Waals surface area contributed by atoms with Crippen LogP contribution < -0.4 is 4.90 Å². The molecular weight excluding hydrogens is 555 g/mol. The number of hydrogen-bond acceptors (Lipinski definition) is 8. The summed E-state index contributed by atoms with van der Waals surface area (Å²) in [5.74, 6) is -0.166. The van der Waals surface area contributed by atoms with Gasteiger partial charge in [0.15, 0.2) is 5.04 Å². The summed E-state index contributed by atoms with van der Waals surface area (Å²) in [5.41, 5.74) is 9.73. The van der Waals surface area contributed by atoms with Crippen molar-refractivity contribution in [2.24, 2.45) is 4.99 Å². The minimum absolute atomic E-state index is 0.166. The summed E-state index contributed by atoms with van der Waals surface area (Å²) in [5, 5.41) is 0.366. The van der Waals surface area contributed by atoms with E-state index in [2.05, 4.69) is 105 Å². The number of thioether (sulfide) groups is 1. The number of benzene rings is 4. The molecule has 0 spiro atoms. The molecule has 0 aliphatic carbocycles. The van der Waals surface area contributed by atoms with Gasteiger partial charge in [0.25, 0.3) is 5.91 Å². The van der Waals surface area contributed by atoms with E-state index in [0.717, 1.165) is 45.4 Å². The van der Waals surface area contributed by atoms with Gasteiger partial charge >= 0.3 is 0 Å². The second-order valence-corrected chi connectivity index (χ2v) is 11.6. The summed E-state index contributed by atoms with van der Waals surface area (Å²) in [6.07, 6.45) is 0. The normalized spacial score (nSPS) is 14.5. The summed E-state index contributed by atoms with van der Waals surface area (Å²) < 4.78 is 9.63. The number of thiocarbonyl (C=S) groups is 1. The van der Waals surface area contributed by atoms with Crippen LogP contribution in [0.15, 0.2) is 89.9 Å². The van der Waals surface area contributed by atoms with E-state index < -0.39 is 0 Å². The number of fused-ring (bicyclic) bond motifs is 1. The molecule has 1 aromatic heterocycles. The topological polar surface area (TPSA) is 61.7 Å². The molecule has 6 nitrogen and oxygen atoms in total. The number of anilines is 3. The van der Waals surface area contributed by atoms with Gasteiger partial charge in [-0.25, -0.2) is 4.99 Å². The van der Waals surface area contributed by atoms with Crippen LogP contribution >= 0.6 is 35.7 Å². The van der Waals surface area contributed by atoms with Crippen LogP contribution in [0, 0.1) is 13.8 Å². The maximum absolute atomic E-state index is 12.7. The number of amides is 1. The number of carbonyl (C=O) groups is 1. The van der Waals surface area contributed by atoms with Gasteiger partial charge in [0, 0.05) is 29.2 Å². The molecule has 1 aliphatic heterocycles. The van der Waals surface area contributed by atoms with Gasteiger partial charge in [-0.3, -0.25) is 9.69 Å². The maximum atomic E-state index is 12.7. The van der Waals surface area contributed by atoms with E-state index in [1.165, 1.54) is 22.9 Å². The standard InChI is InChI=1S/C31H25N5OS3/c1-4-35-30(37)29(39-31(35)38)32-26-18-17-25(27-28(26)34-40-33-27)21-9-15-24(16-10-21)36(22-11-5-19(2)6-12-22)23-13-7-20(3)8-14-23/h5-18H,4H2,1-3H3/b32-29+. The first-order chi connectivity index (χ1) is 19.4. The molecule has 0 unspecified atom stereocenters. The van der Waals surface area contributed by atoms with Gasteiger partial charge in [0.05, 0.1) is 17.4 Å². The van der Waals surface area contributed by atoms with Gasteiger partial charge < -0.3 is 4.90 Å². The minimum atomic E-state index is -0.166. The SMILES string of the molecule is CCN1C(=O)/C(=N\c2ccc(-c3ccc(N(c4ccc(C)cc4)c4ccc(C)cc4)cc3)c3nsnc23)SC1=S. The molecule has 4 aromatic carbocycles. The summed E-state index contributed by atoms with van der Waals surface area (Å²) in [4.78, 5) is 21.1. The van der Waals surface area contributed by atoms with Gasteiger partial charge in [0.1, 0.15) is 15.4 Å². The molecule has 1 fully saturated rings. The van der Waals surface area contributed by atoms with E-state index in [0.29, 0.717) is 27.1 Å². The van der Waals surface area contributed by atoms with Crippen LogP contribution in [0.2, 0.25) is 0 Å². The summed E-state index contributed by atoms with van der Waals surface area (Å²) in [7, 11) is 0. The quantitative estimate of drug-likeness (QED) is 0.188. The molecule has 1 amide bonds. The molecule has 40 heavy (non-hydrogen) atoms. The Kier molecular flexibility index (Phi) is 7.18. The number of nitrogens with zero attached hydrogens (tertiary/aromatic N) is 5. The average Bonchev–Trinajstić information content (AvgIpc) is 3.56. The summed E-state index contributed by atoms with van der Waals surface area (Å²) in [6, 6.07) is 29.5. The lowest BCUT2D eigenvalue weighted by Crippen LogP contribution is -2.29. The van der Waals surface area contributed by atoms with Gasteiger partial charge in [-0.1, -0.05) is 59.7 Å². The van der Waals surface area contributed by atoms with Gasteiger partial charge in [-0.05, 0) is 86.6 Å². The molecule has 198 valence electrons. The van der Waals surface area contributed by atoms with E-state index in [-0.39, 0.29) is 5.91 Å². The molecule has 0 N–H and O–H groups in total. The fourth-order valence-corrected chi connectivity index (χ4v) is 6.48. The van der Waals surface area contributed by atoms with Crippen molar-refractivity contribution in [1.29, 1.82) is 0 Å². The van der Waals surface area contributed by atoms with Crippen LogP contribution in [0.1, 0.15) is 18.1 Å². The zero-order chi connectivity index (χ0) is 27.8. The molecule has 6 rings (SSSR count). The number of rotatable bonds is 6. The van der Waals surface area contributed by atoms with Crippen molar-refractivity contribution < 1.29 is 4.79 Å². The first-order valence-corrected chi connectivity index (χ1v) is 14.8. The Balaban J connectivity index is 1.36. The monoisotopic (exact) mass is 579 g/mol. The Bertz CT molecular complexity index is 1710. The van der Waals surface area contributed by atoms with Crippen molar-refractivity contribution in [2.45, 2.75) is 20.8 Å². The lowest BCUT2D eigenvalue weighted by Gasteiger charge is -2.26. The van der Waals surface area contributed by atoms with E-state index in [9.17, 15) is 4.79 Å². The first kappa shape index (κ1) is 26.3. The highest BCUT2D eigenvalue weighted by Crippen LogP contribution is 2.38. The Morgan fingerprint density at radius 1 is 0.800 bits per heavy atom. The highest BCUT2D eigenvalue weighted by Gasteiger charge is 2.32. The smallest absolute Gasteiger partial charge is 0.284 e. The van der Waals surface area contributed by atoms with E-state index >= 15 is 0 Å². The Morgan fingerprint density at radius 2 is 1.35 bits per heavy atom. The average molecular weight is 580 g/mol. The van der Waals surface area contributed by atoms with Crippen LogP contribution in [-0.4, -0.2) is 35.5 Å². The van der Waals surface area contributed by atoms with Gasteiger partial charge in [0.2, 0.25) is 0 Å². The molecule has 0 atom stereocenters. The third kappa shape index (κ3) is 4.92. The summed E-state index contributed by atoms with van der Waals surface area (Å²) in [6.45, 7) is 6.62. The highest BCUT2D eigenvalue weighted by atomic mass is 32.2. The van der Waals surface area contributed by atoms with Crippen LogP contribution in [0.3, 0.4) is 0 Å². The molecule has 0 bridgehead atoms. The number of aromatic nitrogens is 2. The van der Waals surface area contributed by atoms with Crippen molar-refractivity contribution in [3.05, 3.63) is 96.1 Å². The molecule has 5 aromatic rings. The third-order valence-corrected chi connectivity index (χ3v) is 8.64. The second-order valence-electron chi connectivity index (χ2n) is 9.48. The molecule has 0 radical (unpaired) electrons. The number of carbonyl (C=O) groups excluding carboxylic acids is 1. The third-order valence-electron chi connectivity index (χ3n) is 6.79. The predicted molar refractivity (Wildman–Crippen MR) is 172 cm³/mol. The fourth-order valence-electron chi connectivity index (χ4n) is 4.63. The molecular formula is C31H25N5OS3. The van der Waals surface area contributed by atoms with Crippen molar-refractivity contribution >= 4 is 84.8 Å². The largest absolute Gasteiger partial charge is 0.311 e. The molecule has 1 aliphatic rings. The molecule has 0 saturated carbocycles. The Hall–Kier alpha value is -3.92. The molecule has 2 heterocycles. The van der Waals surface area contributed by atoms with Crippen LogP contribution in [0.25, 0.3) is 22.2 Å². The van der Waals surface area contributed by atoms with Gasteiger partial charge in [-0.15, -0.1) is 0 Å². The van der Waals surface area contributed by atoms with E-state index in [1.54, 1.807) is 4.90 Å². The van der Waals surface area contributed by atoms with Crippen molar-refractivity contribution in [3.8, 4) is 11.1 Å². The van der Waals surface area contributed by atoms with Crippen molar-refractivity contribution in [3.63, 3.8) is 0 Å². The number of aliphatic imine (C=N–C) groups is 1. The van der Waals surface area contributed by atoms with E-state index in [4.69, 9.17) is 12.2 Å². The maximum Gasteiger partial charge on any atom is 0.284 e. The lowest BCUT2D eigenvalue weighted by molar-refractivity contribution is -0.119. The first-order valence-electron chi connectivity index (χ1n) is 12.8. The second kappa shape index (κ2) is 10.9. The van der Waals surface area contributed by atoms with Crippen LogP contribution in [-0.2, 0) is 4.79 Å². The molecule has 9 heteroatoms. The minimum Gasteiger partial charge on any atom is -0.311 e. The van der Waals surface area contributed by atoms with Gasteiger partial charge in [-0.2, -0.15) is 8.75 Å². The van der Waals surface area contributed by atoms with Crippen molar-refractivity contribution in [1.82, 2.24) is 13.6 Å². The fraction of sp³-hybridized carbons (Fsp3) is 0.129. The predicted octanol–water partition coefficient (Wildman–Crippen LogP) is 8.36. The lowest BCUT2D eigenvalue weighted by atomic mass is 10.0. The zero-order valence-electron chi connectivity index (χ0n) is 22.2. The van der Waals surface area contributed by atoms with Crippen molar-refractivity contribution in [2.75, 3.05) is 11.4 Å². The summed E-state index contributed by atoms with van der Waals surface area (Å²) >= 11 is 7.70. The molecule has 1 saturated heterocycles. The highest BCUT2D eigenvalue weighted by molar-refractivity contribution is 8.35.